The Balaban J connectivity index is 2.86. The molecule has 20 heavy (non-hydrogen) atoms. The van der Waals surface area contributed by atoms with Crippen LogP contribution in [0.3, 0.4) is 0 Å². The molecule has 0 saturated heterocycles. The minimum absolute atomic E-state index is 0.119. The number of nitrogens with one attached hydrogen (secondary N) is 1. The Morgan fingerprint density at radius 1 is 1.45 bits per heavy atom. The first-order valence-electron chi connectivity index (χ1n) is 5.85. The molecule has 0 heterocycles. The highest BCUT2D eigenvalue weighted by molar-refractivity contribution is 7.92. The predicted octanol–water partition coefficient (Wildman–Crippen LogP) is 1.48. The molecule has 0 aliphatic rings. The summed E-state index contributed by atoms with van der Waals surface area (Å²) in [5.41, 5.74) is 1.86. The van der Waals surface area contributed by atoms with Crippen molar-refractivity contribution in [2.75, 3.05) is 24.2 Å². The van der Waals surface area contributed by atoms with E-state index < -0.39 is 16.0 Å². The molecule has 110 valence electrons. The molecule has 0 radical (unpaired) electrons. The Morgan fingerprint density at radius 2 is 2.15 bits per heavy atom. The number of carbonyl (C=O) groups is 1. The largest absolute Gasteiger partial charge is 0.478 e. The Hall–Kier alpha value is -1.86. The van der Waals surface area contributed by atoms with Gasteiger partial charge in [-0.05, 0) is 36.3 Å². The van der Waals surface area contributed by atoms with Gasteiger partial charge in [0.2, 0.25) is 10.0 Å². The third-order valence-electron chi connectivity index (χ3n) is 2.49. The number of hydrogen-bond donors (Lipinski definition) is 2. The molecule has 0 fully saturated rings. The first-order valence-corrected chi connectivity index (χ1v) is 7.50. The Labute approximate surface area is 118 Å². The van der Waals surface area contributed by atoms with Crippen LogP contribution in [0.2, 0.25) is 0 Å². The average molecular weight is 299 g/mol. The maximum atomic E-state index is 11.7. The summed E-state index contributed by atoms with van der Waals surface area (Å²) in [7, 11) is -2.01. The molecule has 0 spiro atoms. The lowest BCUT2D eigenvalue weighted by Crippen LogP contribution is -2.20. The summed E-state index contributed by atoms with van der Waals surface area (Å²) in [4.78, 5) is 10.4. The van der Waals surface area contributed by atoms with Gasteiger partial charge in [0.25, 0.3) is 0 Å². The van der Waals surface area contributed by atoms with E-state index in [0.29, 0.717) is 16.8 Å². The minimum atomic E-state index is -3.44. The fourth-order valence-electron chi connectivity index (χ4n) is 1.48. The summed E-state index contributed by atoms with van der Waals surface area (Å²) < 4.78 is 30.7. The van der Waals surface area contributed by atoms with Crippen LogP contribution in [-0.4, -0.2) is 39.0 Å². The molecule has 0 unspecified atom stereocenters. The van der Waals surface area contributed by atoms with Crippen LogP contribution in [0.1, 0.15) is 11.1 Å². The molecule has 1 rings (SSSR count). The number of carboxylic acids is 1. The van der Waals surface area contributed by atoms with Crippen LogP contribution >= 0.6 is 0 Å². The van der Waals surface area contributed by atoms with Crippen LogP contribution in [-0.2, 0) is 19.6 Å². The Kier molecular flexibility index (Phi) is 5.72. The highest BCUT2D eigenvalue weighted by Gasteiger charge is 2.11. The summed E-state index contributed by atoms with van der Waals surface area (Å²) in [6.45, 7) is 1.86. The van der Waals surface area contributed by atoms with E-state index in [0.717, 1.165) is 6.08 Å². The number of hydrogen-bond acceptors (Lipinski definition) is 4. The fourth-order valence-corrected chi connectivity index (χ4v) is 2.54. The molecule has 0 aromatic heterocycles. The lowest BCUT2D eigenvalue weighted by molar-refractivity contribution is -0.131. The average Bonchev–Trinajstić information content (AvgIpc) is 2.37. The van der Waals surface area contributed by atoms with Crippen molar-refractivity contribution in [3.8, 4) is 0 Å². The van der Waals surface area contributed by atoms with Crippen molar-refractivity contribution in [3.63, 3.8) is 0 Å². The number of aliphatic carboxylic acids is 1. The number of anilines is 1. The summed E-state index contributed by atoms with van der Waals surface area (Å²) >= 11 is 0. The van der Waals surface area contributed by atoms with Crippen molar-refractivity contribution in [2.24, 2.45) is 0 Å². The van der Waals surface area contributed by atoms with Gasteiger partial charge in [0, 0.05) is 13.2 Å². The van der Waals surface area contributed by atoms with Crippen LogP contribution in [0.5, 0.6) is 0 Å². The van der Waals surface area contributed by atoms with E-state index in [1.54, 1.807) is 25.1 Å². The van der Waals surface area contributed by atoms with Gasteiger partial charge in [0.15, 0.2) is 0 Å². The third-order valence-corrected chi connectivity index (χ3v) is 3.73. The summed E-state index contributed by atoms with van der Waals surface area (Å²) in [5.74, 6) is -1.16. The molecular weight excluding hydrogens is 282 g/mol. The van der Waals surface area contributed by atoms with Gasteiger partial charge in [-0.1, -0.05) is 6.07 Å². The summed E-state index contributed by atoms with van der Waals surface area (Å²) in [5, 5.41) is 8.54. The van der Waals surface area contributed by atoms with Gasteiger partial charge in [0.05, 0.1) is 18.0 Å². The predicted molar refractivity (Wildman–Crippen MR) is 77.1 cm³/mol. The monoisotopic (exact) mass is 299 g/mol. The minimum Gasteiger partial charge on any atom is -0.478 e. The first-order chi connectivity index (χ1) is 9.34. The fraction of sp³-hybridized carbons (Fsp3) is 0.308. The SMILES string of the molecule is COCCS(=O)(=O)Nc1ccc(C=CC(=O)O)cc1C. The molecular formula is C13H17NO5S. The van der Waals surface area contributed by atoms with E-state index in [1.807, 2.05) is 0 Å². The zero-order valence-corrected chi connectivity index (χ0v) is 12.1. The first kappa shape index (κ1) is 16.2. The van der Waals surface area contributed by atoms with E-state index in [2.05, 4.69) is 4.72 Å². The summed E-state index contributed by atoms with van der Waals surface area (Å²) in [6.07, 6.45) is 2.47. The van der Waals surface area contributed by atoms with Gasteiger partial charge in [0.1, 0.15) is 0 Å². The van der Waals surface area contributed by atoms with Crippen LogP contribution in [0.25, 0.3) is 6.08 Å². The van der Waals surface area contributed by atoms with Crippen LogP contribution in [0.15, 0.2) is 24.3 Å². The lowest BCUT2D eigenvalue weighted by Gasteiger charge is -2.10. The van der Waals surface area contributed by atoms with Gasteiger partial charge in [-0.15, -0.1) is 0 Å². The third kappa shape index (κ3) is 5.41. The van der Waals surface area contributed by atoms with E-state index in [9.17, 15) is 13.2 Å². The van der Waals surface area contributed by atoms with Gasteiger partial charge in [-0.25, -0.2) is 13.2 Å². The van der Waals surface area contributed by atoms with Crippen LogP contribution < -0.4 is 4.72 Å². The highest BCUT2D eigenvalue weighted by Crippen LogP contribution is 2.18. The molecule has 1 aromatic rings. The van der Waals surface area contributed by atoms with Gasteiger partial charge < -0.3 is 9.84 Å². The second kappa shape index (κ2) is 7.06. The number of carboxylic acid groups (broad SMARTS) is 1. The van der Waals surface area contributed by atoms with E-state index >= 15 is 0 Å². The molecule has 0 saturated carbocycles. The van der Waals surface area contributed by atoms with Crippen molar-refractivity contribution < 1.29 is 23.1 Å². The van der Waals surface area contributed by atoms with Crippen LogP contribution in [0, 0.1) is 6.92 Å². The molecule has 0 aliphatic carbocycles. The van der Waals surface area contributed by atoms with E-state index in [1.165, 1.54) is 13.2 Å². The van der Waals surface area contributed by atoms with Crippen molar-refractivity contribution in [2.45, 2.75) is 6.92 Å². The quantitative estimate of drug-likeness (QED) is 0.744. The van der Waals surface area contributed by atoms with Crippen molar-refractivity contribution in [3.05, 3.63) is 35.4 Å². The molecule has 2 N–H and O–H groups in total. The Bertz CT molecular complexity index is 607. The number of methoxy groups -OCH3 is 1. The van der Waals surface area contributed by atoms with Crippen molar-refractivity contribution in [1.29, 1.82) is 0 Å². The topological polar surface area (TPSA) is 92.7 Å². The molecule has 7 heteroatoms. The standard InChI is InChI=1S/C13H17NO5S/c1-10-9-11(4-6-13(15)16)3-5-12(10)14-20(17,18)8-7-19-2/h3-6,9,14H,7-8H2,1-2H3,(H,15,16). The number of ether oxygens (including phenoxy) is 1. The number of benzene rings is 1. The zero-order valence-electron chi connectivity index (χ0n) is 11.3. The van der Waals surface area contributed by atoms with Gasteiger partial charge in [-0.3, -0.25) is 4.72 Å². The second-order valence-corrected chi connectivity index (χ2v) is 6.00. The maximum absolute atomic E-state index is 11.7. The van der Waals surface area contributed by atoms with Crippen LogP contribution in [0.4, 0.5) is 5.69 Å². The van der Waals surface area contributed by atoms with Crippen molar-refractivity contribution in [1.82, 2.24) is 0 Å². The highest BCUT2D eigenvalue weighted by atomic mass is 32.2. The molecule has 0 amide bonds. The normalized spacial score (nSPS) is 11.7. The van der Waals surface area contributed by atoms with Gasteiger partial charge in [-0.2, -0.15) is 0 Å². The smallest absolute Gasteiger partial charge is 0.328 e. The molecule has 0 bridgehead atoms. The molecule has 6 nitrogen and oxygen atoms in total. The zero-order chi connectivity index (χ0) is 15.2. The lowest BCUT2D eigenvalue weighted by atomic mass is 10.1. The van der Waals surface area contributed by atoms with E-state index in [-0.39, 0.29) is 12.4 Å². The number of sulfonamides is 1. The summed E-state index contributed by atoms with van der Waals surface area (Å²) in [6, 6.07) is 4.94. The second-order valence-electron chi connectivity index (χ2n) is 4.16. The van der Waals surface area contributed by atoms with Crippen molar-refractivity contribution >= 4 is 27.8 Å². The molecule has 0 atom stereocenters. The number of aryl methyl sites for hydroxylation is 1. The van der Waals surface area contributed by atoms with E-state index in [4.69, 9.17) is 9.84 Å². The number of rotatable bonds is 7. The van der Waals surface area contributed by atoms with Gasteiger partial charge >= 0.3 is 5.97 Å². The molecule has 0 aliphatic heterocycles. The maximum Gasteiger partial charge on any atom is 0.328 e. The Morgan fingerprint density at radius 3 is 2.70 bits per heavy atom. The molecule has 1 aromatic carbocycles.